The Hall–Kier alpha value is -1.40. The molecular formula is C14H24N4O2. The Morgan fingerprint density at radius 2 is 2.20 bits per heavy atom. The molecule has 112 valence electrons. The molecule has 0 saturated carbocycles. The summed E-state index contributed by atoms with van der Waals surface area (Å²) in [6.45, 7) is 3.80. The van der Waals surface area contributed by atoms with Crippen LogP contribution in [0.3, 0.4) is 0 Å². The van der Waals surface area contributed by atoms with Crippen molar-refractivity contribution in [1.82, 2.24) is 19.6 Å². The number of hydrogen-bond donors (Lipinski definition) is 0. The highest BCUT2D eigenvalue weighted by atomic mass is 16.5. The minimum absolute atomic E-state index is 0.0634. The van der Waals surface area contributed by atoms with Crippen molar-refractivity contribution in [2.24, 2.45) is 7.05 Å². The number of carbonyl (C=O) groups is 1. The summed E-state index contributed by atoms with van der Waals surface area (Å²) in [5.74, 6) is 0.0634. The van der Waals surface area contributed by atoms with Crippen LogP contribution in [0.25, 0.3) is 0 Å². The maximum Gasteiger partial charge on any atom is 0.257 e. The van der Waals surface area contributed by atoms with Gasteiger partial charge in [-0.2, -0.15) is 5.10 Å². The van der Waals surface area contributed by atoms with E-state index in [2.05, 4.69) is 10.00 Å². The van der Waals surface area contributed by atoms with Gasteiger partial charge < -0.3 is 14.5 Å². The monoisotopic (exact) mass is 280 g/mol. The molecule has 1 saturated heterocycles. The summed E-state index contributed by atoms with van der Waals surface area (Å²) in [5, 5.41) is 4.06. The van der Waals surface area contributed by atoms with Gasteiger partial charge in [0, 0.05) is 53.1 Å². The quantitative estimate of drug-likeness (QED) is 0.793. The van der Waals surface area contributed by atoms with Crippen LogP contribution < -0.4 is 0 Å². The van der Waals surface area contributed by atoms with Gasteiger partial charge in [0.2, 0.25) is 0 Å². The van der Waals surface area contributed by atoms with Gasteiger partial charge in [0.05, 0.1) is 18.4 Å². The predicted octanol–water partition coefficient (Wildman–Crippen LogP) is 0.603. The molecule has 1 aromatic rings. The highest BCUT2D eigenvalue weighted by Crippen LogP contribution is 2.17. The molecule has 0 aromatic carbocycles. The fraction of sp³-hybridized carbons (Fsp3) is 0.714. The third kappa shape index (κ3) is 3.58. The van der Waals surface area contributed by atoms with Gasteiger partial charge in [-0.15, -0.1) is 0 Å². The second kappa shape index (κ2) is 6.85. The van der Waals surface area contributed by atoms with E-state index in [-0.39, 0.29) is 5.91 Å². The van der Waals surface area contributed by atoms with E-state index < -0.39 is 0 Å². The number of carbonyl (C=O) groups excluding carboxylic acids is 1. The first-order valence-corrected chi connectivity index (χ1v) is 7.09. The summed E-state index contributed by atoms with van der Waals surface area (Å²) in [7, 11) is 5.45. The van der Waals surface area contributed by atoms with Crippen molar-refractivity contribution in [2.75, 3.05) is 40.4 Å². The minimum atomic E-state index is 0.0634. The van der Waals surface area contributed by atoms with Crippen LogP contribution in [-0.4, -0.2) is 71.9 Å². The zero-order valence-corrected chi connectivity index (χ0v) is 12.6. The van der Waals surface area contributed by atoms with E-state index >= 15 is 0 Å². The van der Waals surface area contributed by atoms with E-state index in [4.69, 9.17) is 4.74 Å². The van der Waals surface area contributed by atoms with Gasteiger partial charge >= 0.3 is 0 Å². The van der Waals surface area contributed by atoms with Crippen LogP contribution in [0.2, 0.25) is 0 Å². The van der Waals surface area contributed by atoms with Gasteiger partial charge in [-0.25, -0.2) is 0 Å². The topological polar surface area (TPSA) is 50.6 Å². The first-order chi connectivity index (χ1) is 9.61. The number of aromatic nitrogens is 2. The van der Waals surface area contributed by atoms with Crippen molar-refractivity contribution in [3.63, 3.8) is 0 Å². The molecule has 6 heteroatoms. The zero-order chi connectivity index (χ0) is 14.5. The lowest BCUT2D eigenvalue weighted by molar-refractivity contribution is 0.0611. The van der Waals surface area contributed by atoms with Crippen molar-refractivity contribution >= 4 is 5.91 Å². The Balaban J connectivity index is 1.85. The van der Waals surface area contributed by atoms with Crippen LogP contribution in [0.1, 0.15) is 23.2 Å². The number of rotatable bonds is 5. The van der Waals surface area contributed by atoms with E-state index in [1.165, 1.54) is 0 Å². The van der Waals surface area contributed by atoms with Crippen LogP contribution in [0, 0.1) is 0 Å². The van der Waals surface area contributed by atoms with Crippen molar-refractivity contribution < 1.29 is 9.53 Å². The van der Waals surface area contributed by atoms with E-state index in [0.717, 1.165) is 39.1 Å². The summed E-state index contributed by atoms with van der Waals surface area (Å²) in [5.41, 5.74) is 0.664. The third-order valence-corrected chi connectivity index (χ3v) is 3.99. The molecule has 1 aromatic heterocycles. The number of piperidine rings is 1. The Morgan fingerprint density at radius 1 is 1.50 bits per heavy atom. The molecule has 1 aliphatic heterocycles. The van der Waals surface area contributed by atoms with Gasteiger partial charge in [-0.1, -0.05) is 0 Å². The number of amides is 1. The number of aryl methyl sites for hydroxylation is 1. The van der Waals surface area contributed by atoms with Crippen LogP contribution in [-0.2, 0) is 11.8 Å². The van der Waals surface area contributed by atoms with Crippen molar-refractivity contribution in [2.45, 2.75) is 18.9 Å². The predicted molar refractivity (Wildman–Crippen MR) is 76.6 cm³/mol. The SMILES string of the molecule is COCCN1CCC(N(C)C(=O)c2cnn(C)c2)CC1. The fourth-order valence-electron chi connectivity index (χ4n) is 2.65. The molecule has 0 bridgehead atoms. The smallest absolute Gasteiger partial charge is 0.257 e. The molecule has 0 spiro atoms. The highest BCUT2D eigenvalue weighted by Gasteiger charge is 2.26. The van der Waals surface area contributed by atoms with E-state index in [0.29, 0.717) is 11.6 Å². The van der Waals surface area contributed by atoms with E-state index in [1.54, 1.807) is 24.2 Å². The maximum atomic E-state index is 12.3. The Kier molecular flexibility index (Phi) is 5.14. The van der Waals surface area contributed by atoms with E-state index in [9.17, 15) is 4.79 Å². The molecule has 0 unspecified atom stereocenters. The summed E-state index contributed by atoms with van der Waals surface area (Å²) in [6.07, 6.45) is 5.44. The third-order valence-electron chi connectivity index (χ3n) is 3.99. The van der Waals surface area contributed by atoms with Crippen molar-refractivity contribution in [3.05, 3.63) is 18.0 Å². The first kappa shape index (κ1) is 15.0. The molecule has 0 aliphatic carbocycles. The lowest BCUT2D eigenvalue weighted by Crippen LogP contribution is -2.46. The summed E-state index contributed by atoms with van der Waals surface area (Å²) in [6, 6.07) is 0.321. The molecule has 6 nitrogen and oxygen atoms in total. The number of likely N-dealkylation sites (tertiary alicyclic amines) is 1. The maximum absolute atomic E-state index is 12.3. The summed E-state index contributed by atoms with van der Waals surface area (Å²) >= 11 is 0. The van der Waals surface area contributed by atoms with E-state index in [1.807, 2.05) is 19.0 Å². The molecule has 20 heavy (non-hydrogen) atoms. The molecule has 0 radical (unpaired) electrons. The van der Waals surface area contributed by atoms with Crippen LogP contribution in [0.15, 0.2) is 12.4 Å². The van der Waals surface area contributed by atoms with Crippen molar-refractivity contribution in [1.29, 1.82) is 0 Å². The first-order valence-electron chi connectivity index (χ1n) is 7.09. The van der Waals surface area contributed by atoms with Gasteiger partial charge in [0.15, 0.2) is 0 Å². The molecule has 1 amide bonds. The average molecular weight is 280 g/mol. The van der Waals surface area contributed by atoms with Gasteiger partial charge in [-0.3, -0.25) is 9.48 Å². The highest BCUT2D eigenvalue weighted by molar-refractivity contribution is 5.93. The standard InChI is InChI=1S/C14H24N4O2/c1-16-11-12(10-15-16)14(19)17(2)13-4-6-18(7-5-13)8-9-20-3/h10-11,13H,4-9H2,1-3H3. The lowest BCUT2D eigenvalue weighted by Gasteiger charge is -2.36. The van der Waals surface area contributed by atoms with Crippen LogP contribution in [0.5, 0.6) is 0 Å². The molecule has 0 N–H and O–H groups in total. The number of nitrogens with zero attached hydrogens (tertiary/aromatic N) is 4. The molecule has 1 fully saturated rings. The molecule has 2 heterocycles. The van der Waals surface area contributed by atoms with Crippen LogP contribution in [0.4, 0.5) is 0 Å². The lowest BCUT2D eigenvalue weighted by atomic mass is 10.0. The zero-order valence-electron chi connectivity index (χ0n) is 12.6. The Labute approximate surface area is 120 Å². The van der Waals surface area contributed by atoms with Gasteiger partial charge in [-0.05, 0) is 12.8 Å². The molecule has 0 atom stereocenters. The minimum Gasteiger partial charge on any atom is -0.383 e. The summed E-state index contributed by atoms with van der Waals surface area (Å²) in [4.78, 5) is 16.6. The largest absolute Gasteiger partial charge is 0.383 e. The number of ether oxygens (including phenoxy) is 1. The van der Waals surface area contributed by atoms with Gasteiger partial charge in [0.25, 0.3) is 5.91 Å². The normalized spacial score (nSPS) is 17.4. The van der Waals surface area contributed by atoms with Gasteiger partial charge in [0.1, 0.15) is 0 Å². The molecular weight excluding hydrogens is 256 g/mol. The second-order valence-electron chi connectivity index (χ2n) is 5.38. The second-order valence-corrected chi connectivity index (χ2v) is 5.38. The fourth-order valence-corrected chi connectivity index (χ4v) is 2.65. The average Bonchev–Trinajstić information content (AvgIpc) is 2.90. The summed E-state index contributed by atoms with van der Waals surface area (Å²) < 4.78 is 6.76. The van der Waals surface area contributed by atoms with Crippen LogP contribution >= 0.6 is 0 Å². The molecule has 1 aliphatic rings. The Morgan fingerprint density at radius 3 is 2.75 bits per heavy atom. The Bertz CT molecular complexity index is 438. The van der Waals surface area contributed by atoms with Crippen molar-refractivity contribution in [3.8, 4) is 0 Å². The number of hydrogen-bond acceptors (Lipinski definition) is 4. The number of methoxy groups -OCH3 is 1. The molecule has 2 rings (SSSR count).